The predicted octanol–water partition coefficient (Wildman–Crippen LogP) is 1.66. The molecule has 0 aliphatic heterocycles. The van der Waals surface area contributed by atoms with Crippen molar-refractivity contribution in [3.8, 4) is 0 Å². The first kappa shape index (κ1) is 8.48. The molecular formula is C11H16N2O. The Labute approximate surface area is 83.7 Å². The van der Waals surface area contributed by atoms with E-state index in [4.69, 9.17) is 0 Å². The van der Waals surface area contributed by atoms with Crippen LogP contribution in [0.5, 0.6) is 0 Å². The molecule has 0 spiro atoms. The van der Waals surface area contributed by atoms with Crippen molar-refractivity contribution in [1.82, 2.24) is 9.78 Å². The van der Waals surface area contributed by atoms with Crippen LogP contribution < -0.4 is 0 Å². The van der Waals surface area contributed by atoms with Crippen LogP contribution in [0, 0.1) is 5.92 Å². The number of hydrogen-bond acceptors (Lipinski definition) is 2. The standard InChI is InChI=1S/C11H16N2O/c14-11(5-6-11)10-4-7-12-13(10)8-9-2-1-3-9/h4,7,9,14H,1-3,5-6,8H2. The summed E-state index contributed by atoms with van der Waals surface area (Å²) < 4.78 is 2.01. The minimum Gasteiger partial charge on any atom is -0.384 e. The molecule has 3 heteroatoms. The Morgan fingerprint density at radius 1 is 1.50 bits per heavy atom. The molecule has 3 rings (SSSR count). The summed E-state index contributed by atoms with van der Waals surface area (Å²) in [5, 5.41) is 14.3. The fraction of sp³-hybridized carbons (Fsp3) is 0.727. The average Bonchev–Trinajstić information content (AvgIpc) is 2.67. The van der Waals surface area contributed by atoms with E-state index in [1.807, 2.05) is 16.9 Å². The topological polar surface area (TPSA) is 38.1 Å². The second-order valence-electron chi connectivity index (χ2n) is 4.73. The highest BCUT2D eigenvalue weighted by Gasteiger charge is 2.44. The van der Waals surface area contributed by atoms with E-state index in [1.54, 1.807) is 0 Å². The third kappa shape index (κ3) is 1.27. The maximum Gasteiger partial charge on any atom is 0.106 e. The van der Waals surface area contributed by atoms with Gasteiger partial charge >= 0.3 is 0 Å². The molecule has 2 aliphatic carbocycles. The maximum absolute atomic E-state index is 10.0. The Balaban J connectivity index is 1.79. The van der Waals surface area contributed by atoms with Crippen LogP contribution in [0.15, 0.2) is 12.3 Å². The van der Waals surface area contributed by atoms with E-state index in [9.17, 15) is 5.11 Å². The third-order valence-corrected chi connectivity index (χ3v) is 3.57. The molecule has 1 aromatic rings. The highest BCUT2D eigenvalue weighted by Crippen LogP contribution is 2.45. The molecule has 0 atom stereocenters. The summed E-state index contributed by atoms with van der Waals surface area (Å²) >= 11 is 0. The van der Waals surface area contributed by atoms with Crippen molar-refractivity contribution < 1.29 is 5.11 Å². The van der Waals surface area contributed by atoms with Crippen LogP contribution in [0.2, 0.25) is 0 Å². The van der Waals surface area contributed by atoms with Crippen molar-refractivity contribution in [3.05, 3.63) is 18.0 Å². The van der Waals surface area contributed by atoms with Gasteiger partial charge in [-0.3, -0.25) is 4.68 Å². The van der Waals surface area contributed by atoms with Gasteiger partial charge in [-0.1, -0.05) is 6.42 Å². The average molecular weight is 192 g/mol. The Morgan fingerprint density at radius 2 is 2.29 bits per heavy atom. The van der Waals surface area contributed by atoms with Crippen molar-refractivity contribution in [2.75, 3.05) is 0 Å². The van der Waals surface area contributed by atoms with Crippen molar-refractivity contribution in [1.29, 1.82) is 0 Å². The van der Waals surface area contributed by atoms with Gasteiger partial charge in [-0.2, -0.15) is 5.10 Å². The van der Waals surface area contributed by atoms with Crippen LogP contribution in [-0.4, -0.2) is 14.9 Å². The third-order valence-electron chi connectivity index (χ3n) is 3.57. The van der Waals surface area contributed by atoms with Crippen molar-refractivity contribution in [2.45, 2.75) is 44.2 Å². The van der Waals surface area contributed by atoms with E-state index in [1.165, 1.54) is 19.3 Å². The fourth-order valence-electron chi connectivity index (χ4n) is 2.17. The summed E-state index contributed by atoms with van der Waals surface area (Å²) in [7, 11) is 0. The lowest BCUT2D eigenvalue weighted by molar-refractivity contribution is 0.135. The normalized spacial score (nSPS) is 24.6. The van der Waals surface area contributed by atoms with Crippen molar-refractivity contribution in [2.24, 2.45) is 5.92 Å². The van der Waals surface area contributed by atoms with Crippen LogP contribution in [0.1, 0.15) is 37.8 Å². The van der Waals surface area contributed by atoms with Crippen LogP contribution >= 0.6 is 0 Å². The van der Waals surface area contributed by atoms with Gasteiger partial charge in [0.1, 0.15) is 5.60 Å². The van der Waals surface area contributed by atoms with Crippen LogP contribution in [0.25, 0.3) is 0 Å². The summed E-state index contributed by atoms with van der Waals surface area (Å²) in [6.07, 6.45) is 7.65. The summed E-state index contributed by atoms with van der Waals surface area (Å²) in [6, 6.07) is 1.96. The highest BCUT2D eigenvalue weighted by molar-refractivity contribution is 5.18. The van der Waals surface area contributed by atoms with Gasteiger partial charge in [-0.15, -0.1) is 0 Å². The minimum atomic E-state index is -0.528. The summed E-state index contributed by atoms with van der Waals surface area (Å²) in [4.78, 5) is 0. The Bertz CT molecular complexity index is 337. The SMILES string of the molecule is OC1(c2ccnn2CC2CCC2)CC1. The summed E-state index contributed by atoms with van der Waals surface area (Å²) in [6.45, 7) is 1.00. The van der Waals surface area contributed by atoms with Gasteiger partial charge in [-0.25, -0.2) is 0 Å². The van der Waals surface area contributed by atoms with Crippen LogP contribution in [0.4, 0.5) is 0 Å². The predicted molar refractivity (Wildman–Crippen MR) is 52.7 cm³/mol. The molecule has 3 nitrogen and oxygen atoms in total. The van der Waals surface area contributed by atoms with Crippen molar-refractivity contribution in [3.63, 3.8) is 0 Å². The van der Waals surface area contributed by atoms with E-state index in [2.05, 4.69) is 5.10 Å². The highest BCUT2D eigenvalue weighted by atomic mass is 16.3. The number of hydrogen-bond donors (Lipinski definition) is 1. The van der Waals surface area contributed by atoms with Gasteiger partial charge in [0.05, 0.1) is 5.69 Å². The fourth-order valence-corrected chi connectivity index (χ4v) is 2.17. The molecule has 2 fully saturated rings. The zero-order valence-electron chi connectivity index (χ0n) is 8.32. The van der Waals surface area contributed by atoms with E-state index < -0.39 is 5.60 Å². The number of rotatable bonds is 3. The molecule has 14 heavy (non-hydrogen) atoms. The Kier molecular flexibility index (Phi) is 1.71. The summed E-state index contributed by atoms with van der Waals surface area (Å²) in [5.74, 6) is 0.802. The first-order valence-electron chi connectivity index (χ1n) is 5.53. The number of aromatic nitrogens is 2. The molecule has 2 aliphatic rings. The minimum absolute atomic E-state index is 0.528. The quantitative estimate of drug-likeness (QED) is 0.791. The second-order valence-corrected chi connectivity index (χ2v) is 4.73. The molecule has 1 aromatic heterocycles. The van der Waals surface area contributed by atoms with Gasteiger partial charge < -0.3 is 5.11 Å². The zero-order chi connectivity index (χ0) is 9.60. The first-order chi connectivity index (χ1) is 6.78. The zero-order valence-corrected chi connectivity index (χ0v) is 8.32. The van der Waals surface area contributed by atoms with Gasteiger partial charge in [0.15, 0.2) is 0 Å². The Morgan fingerprint density at radius 3 is 2.86 bits per heavy atom. The first-order valence-corrected chi connectivity index (χ1v) is 5.53. The lowest BCUT2D eigenvalue weighted by atomic mass is 9.85. The monoisotopic (exact) mass is 192 g/mol. The van der Waals surface area contributed by atoms with E-state index in [-0.39, 0.29) is 0 Å². The lowest BCUT2D eigenvalue weighted by Crippen LogP contribution is -2.22. The molecule has 0 radical (unpaired) electrons. The largest absolute Gasteiger partial charge is 0.384 e. The van der Waals surface area contributed by atoms with Gasteiger partial charge in [0.25, 0.3) is 0 Å². The van der Waals surface area contributed by atoms with E-state index in [0.29, 0.717) is 0 Å². The second kappa shape index (κ2) is 2.83. The maximum atomic E-state index is 10.0. The molecule has 0 aromatic carbocycles. The van der Waals surface area contributed by atoms with E-state index in [0.717, 1.165) is 31.0 Å². The molecule has 0 amide bonds. The van der Waals surface area contributed by atoms with Crippen LogP contribution in [-0.2, 0) is 12.1 Å². The van der Waals surface area contributed by atoms with E-state index >= 15 is 0 Å². The van der Waals surface area contributed by atoms with Crippen molar-refractivity contribution >= 4 is 0 Å². The Hall–Kier alpha value is -0.830. The molecule has 1 heterocycles. The van der Waals surface area contributed by atoms with Gasteiger partial charge in [0, 0.05) is 12.7 Å². The number of aliphatic hydroxyl groups is 1. The number of nitrogens with zero attached hydrogens (tertiary/aromatic N) is 2. The molecule has 76 valence electrons. The van der Waals surface area contributed by atoms with Crippen LogP contribution in [0.3, 0.4) is 0 Å². The molecule has 0 bridgehead atoms. The molecule has 1 N–H and O–H groups in total. The molecule has 0 saturated heterocycles. The molecule has 0 unspecified atom stereocenters. The summed E-state index contributed by atoms with van der Waals surface area (Å²) in [5.41, 5.74) is 0.504. The van der Waals surface area contributed by atoms with Gasteiger partial charge in [0.2, 0.25) is 0 Å². The molecule has 2 saturated carbocycles. The molecular weight excluding hydrogens is 176 g/mol. The van der Waals surface area contributed by atoms with Gasteiger partial charge in [-0.05, 0) is 37.7 Å². The lowest BCUT2D eigenvalue weighted by Gasteiger charge is -2.26. The smallest absolute Gasteiger partial charge is 0.106 e.